The number of nitrogens with one attached hydrogen (secondary N) is 1. The summed E-state index contributed by atoms with van der Waals surface area (Å²) >= 11 is 12.2. The normalized spacial score (nSPS) is 28.1. The molecular formula is C26H34Cl2NO2+. The van der Waals surface area contributed by atoms with Crippen molar-refractivity contribution in [3.8, 4) is 0 Å². The molecule has 1 aliphatic carbocycles. The molecule has 2 fully saturated rings. The summed E-state index contributed by atoms with van der Waals surface area (Å²) in [7, 11) is 0. The average Bonchev–Trinajstić information content (AvgIpc) is 2.92. The van der Waals surface area contributed by atoms with Crippen LogP contribution < -0.4 is 4.90 Å². The van der Waals surface area contributed by atoms with Gasteiger partial charge in [-0.2, -0.15) is 0 Å². The number of rotatable bonds is 7. The number of hydrogen-bond acceptors (Lipinski definition) is 2. The third kappa shape index (κ3) is 5.64. The molecule has 3 nitrogen and oxygen atoms in total. The summed E-state index contributed by atoms with van der Waals surface area (Å²) in [6.45, 7) is 9.39. The van der Waals surface area contributed by atoms with E-state index in [2.05, 4.69) is 20.8 Å². The Labute approximate surface area is 196 Å². The first-order valence-electron chi connectivity index (χ1n) is 11.3. The highest BCUT2D eigenvalue weighted by Gasteiger charge is 2.52. The van der Waals surface area contributed by atoms with E-state index in [1.807, 2.05) is 48.5 Å². The monoisotopic (exact) mass is 462 g/mol. The number of aliphatic hydroxyl groups excluding tert-OH is 1. The zero-order valence-electron chi connectivity index (χ0n) is 18.7. The molecule has 1 heterocycles. The largest absolute Gasteiger partial charge is 0.385 e. The molecule has 2 aromatic rings. The Balaban J connectivity index is 1.42. The van der Waals surface area contributed by atoms with Gasteiger partial charge in [-0.3, -0.25) is 0 Å². The fraction of sp³-hybridized carbons (Fsp3) is 0.538. The Kier molecular flexibility index (Phi) is 6.72. The highest BCUT2D eigenvalue weighted by atomic mass is 35.5. The summed E-state index contributed by atoms with van der Waals surface area (Å²) in [5, 5.41) is 12.3. The summed E-state index contributed by atoms with van der Waals surface area (Å²) < 4.78 is 6.29. The summed E-state index contributed by atoms with van der Waals surface area (Å²) in [6.07, 6.45) is 3.03. The van der Waals surface area contributed by atoms with Crippen LogP contribution >= 0.6 is 23.2 Å². The fourth-order valence-electron chi connectivity index (χ4n) is 6.22. The molecule has 2 aromatic carbocycles. The highest BCUT2D eigenvalue weighted by molar-refractivity contribution is 6.30. The van der Waals surface area contributed by atoms with Gasteiger partial charge in [0.15, 0.2) is 0 Å². The Morgan fingerprint density at radius 1 is 0.968 bits per heavy atom. The van der Waals surface area contributed by atoms with Crippen LogP contribution in [-0.2, 0) is 4.74 Å². The van der Waals surface area contributed by atoms with E-state index in [1.165, 1.54) is 19.3 Å². The van der Waals surface area contributed by atoms with Gasteiger partial charge in [0.25, 0.3) is 0 Å². The van der Waals surface area contributed by atoms with Crippen molar-refractivity contribution in [1.82, 2.24) is 0 Å². The Morgan fingerprint density at radius 2 is 1.52 bits per heavy atom. The molecule has 5 heteroatoms. The number of benzene rings is 2. The molecule has 1 saturated carbocycles. The van der Waals surface area contributed by atoms with Crippen LogP contribution in [0.5, 0.6) is 0 Å². The first-order valence-corrected chi connectivity index (χ1v) is 12.0. The van der Waals surface area contributed by atoms with Crippen LogP contribution in [0.2, 0.25) is 10.0 Å². The number of ether oxygens (including phenoxy) is 1. The molecule has 0 spiro atoms. The van der Waals surface area contributed by atoms with Crippen molar-refractivity contribution < 1.29 is 14.7 Å². The molecule has 31 heavy (non-hydrogen) atoms. The molecule has 4 rings (SSSR count). The maximum atomic E-state index is 10.9. The lowest BCUT2D eigenvalue weighted by Gasteiger charge is -2.37. The predicted octanol–water partition coefficient (Wildman–Crippen LogP) is 4.94. The lowest BCUT2D eigenvalue weighted by atomic mass is 9.65. The highest BCUT2D eigenvalue weighted by Crippen LogP contribution is 2.47. The first-order chi connectivity index (χ1) is 14.6. The number of hydrogen-bond donors (Lipinski definition) is 2. The van der Waals surface area contributed by atoms with Gasteiger partial charge >= 0.3 is 0 Å². The Hall–Kier alpha value is -1.10. The topological polar surface area (TPSA) is 33.9 Å². The number of quaternary nitrogens is 1. The van der Waals surface area contributed by atoms with Crippen LogP contribution in [0.25, 0.3) is 0 Å². The number of fused-ring (bicyclic) bond motifs is 2. The van der Waals surface area contributed by atoms with E-state index in [4.69, 9.17) is 27.9 Å². The molecular weight excluding hydrogens is 429 g/mol. The van der Waals surface area contributed by atoms with Gasteiger partial charge in [0, 0.05) is 28.3 Å². The molecule has 0 amide bonds. The second kappa shape index (κ2) is 9.03. The zero-order chi connectivity index (χ0) is 22.2. The van der Waals surface area contributed by atoms with Gasteiger partial charge in [-0.05, 0) is 47.2 Å². The van der Waals surface area contributed by atoms with Gasteiger partial charge in [0.1, 0.15) is 18.8 Å². The van der Waals surface area contributed by atoms with Gasteiger partial charge in [0.05, 0.1) is 19.2 Å². The molecule has 2 N–H and O–H groups in total. The van der Waals surface area contributed by atoms with Gasteiger partial charge < -0.3 is 14.7 Å². The maximum absolute atomic E-state index is 10.9. The SMILES string of the molecule is CC1(C)C[C@@H]2C[C@@](C)(C[NH+]2C[C@H](O)COC(c2ccc(Cl)cc2)c2ccc(Cl)cc2)C1. The number of aliphatic hydroxyl groups is 1. The molecule has 0 aromatic heterocycles. The third-order valence-electron chi connectivity index (χ3n) is 6.97. The molecule has 0 radical (unpaired) electrons. The fourth-order valence-corrected chi connectivity index (χ4v) is 6.47. The van der Waals surface area contributed by atoms with Gasteiger partial charge in [0.2, 0.25) is 0 Å². The quantitative estimate of drug-likeness (QED) is 0.610. The van der Waals surface area contributed by atoms with Crippen molar-refractivity contribution >= 4 is 23.2 Å². The minimum absolute atomic E-state index is 0.270. The molecule has 2 aliphatic rings. The molecule has 1 unspecified atom stereocenters. The predicted molar refractivity (Wildman–Crippen MR) is 127 cm³/mol. The van der Waals surface area contributed by atoms with E-state index >= 15 is 0 Å². The minimum Gasteiger partial charge on any atom is -0.385 e. The lowest BCUT2D eigenvalue weighted by molar-refractivity contribution is -0.917. The van der Waals surface area contributed by atoms with Gasteiger partial charge in [-0.15, -0.1) is 0 Å². The average molecular weight is 463 g/mol. The lowest BCUT2D eigenvalue weighted by Crippen LogP contribution is -3.15. The van der Waals surface area contributed by atoms with Crippen LogP contribution in [0.4, 0.5) is 0 Å². The molecule has 2 bridgehead atoms. The van der Waals surface area contributed by atoms with Crippen molar-refractivity contribution in [2.24, 2.45) is 10.8 Å². The second-order valence-corrected chi connectivity index (χ2v) is 11.6. The van der Waals surface area contributed by atoms with E-state index < -0.39 is 6.10 Å². The van der Waals surface area contributed by atoms with E-state index in [0.29, 0.717) is 33.5 Å². The summed E-state index contributed by atoms with van der Waals surface area (Å²) in [6, 6.07) is 16.0. The molecule has 168 valence electrons. The van der Waals surface area contributed by atoms with Crippen LogP contribution in [0.3, 0.4) is 0 Å². The van der Waals surface area contributed by atoms with E-state index in [9.17, 15) is 5.11 Å². The Morgan fingerprint density at radius 3 is 2.06 bits per heavy atom. The van der Waals surface area contributed by atoms with Crippen molar-refractivity contribution in [2.45, 2.75) is 58.3 Å². The van der Waals surface area contributed by atoms with Crippen molar-refractivity contribution in [2.75, 3.05) is 19.7 Å². The van der Waals surface area contributed by atoms with Crippen molar-refractivity contribution in [3.63, 3.8) is 0 Å². The molecule has 4 atom stereocenters. The van der Waals surface area contributed by atoms with Crippen LogP contribution in [0.1, 0.15) is 57.3 Å². The smallest absolute Gasteiger partial charge is 0.126 e. The summed E-state index contributed by atoms with van der Waals surface area (Å²) in [5.41, 5.74) is 2.82. The van der Waals surface area contributed by atoms with Crippen molar-refractivity contribution in [1.29, 1.82) is 0 Å². The van der Waals surface area contributed by atoms with E-state index in [1.54, 1.807) is 4.90 Å². The van der Waals surface area contributed by atoms with Crippen molar-refractivity contribution in [3.05, 3.63) is 69.7 Å². The van der Waals surface area contributed by atoms with E-state index in [-0.39, 0.29) is 6.10 Å². The standard InChI is InChI=1S/C26H33Cl2NO2/c1-25(2)12-22-13-26(3,16-25)17-29(22)14-23(30)15-31-24(18-4-8-20(27)9-5-18)19-6-10-21(28)11-7-19/h4-11,22-24,30H,12-17H2,1-3H3/p+1/t22-,23+,26-/m1/s1. The summed E-state index contributed by atoms with van der Waals surface area (Å²) in [5.74, 6) is 0. The van der Waals surface area contributed by atoms with Gasteiger partial charge in [-0.1, -0.05) is 68.2 Å². The Bertz CT molecular complexity index is 838. The van der Waals surface area contributed by atoms with Crippen LogP contribution in [0.15, 0.2) is 48.5 Å². The van der Waals surface area contributed by atoms with E-state index in [0.717, 1.165) is 24.2 Å². The first kappa shape index (κ1) is 23.1. The molecule has 1 aliphatic heterocycles. The third-order valence-corrected chi connectivity index (χ3v) is 7.48. The minimum atomic E-state index is -0.497. The number of halogens is 2. The zero-order valence-corrected chi connectivity index (χ0v) is 20.2. The van der Waals surface area contributed by atoms with Crippen LogP contribution in [-0.4, -0.2) is 36.9 Å². The van der Waals surface area contributed by atoms with Gasteiger partial charge in [-0.25, -0.2) is 0 Å². The van der Waals surface area contributed by atoms with Crippen LogP contribution in [0, 0.1) is 10.8 Å². The number of likely N-dealkylation sites (tertiary alicyclic amines) is 1. The second-order valence-electron chi connectivity index (χ2n) is 10.8. The maximum Gasteiger partial charge on any atom is 0.126 e. The summed E-state index contributed by atoms with van der Waals surface area (Å²) in [4.78, 5) is 1.54. The molecule has 1 saturated heterocycles.